The Kier molecular flexibility index (Phi) is 6.31. The Bertz CT molecular complexity index is 810. The molecule has 1 atom stereocenters. The second kappa shape index (κ2) is 9.09. The molecule has 0 saturated carbocycles. The van der Waals surface area contributed by atoms with Gasteiger partial charge in [-0.15, -0.1) is 10.2 Å². The van der Waals surface area contributed by atoms with Gasteiger partial charge in [0, 0.05) is 17.5 Å². The zero-order valence-corrected chi connectivity index (χ0v) is 15.1. The maximum absolute atomic E-state index is 10.8. The van der Waals surface area contributed by atoms with E-state index in [0.29, 0.717) is 23.3 Å². The minimum atomic E-state index is 0.383. The second-order valence-electron chi connectivity index (χ2n) is 6.55. The minimum absolute atomic E-state index is 0.383. The molecular formula is C22H24N2O2. The molecule has 0 spiro atoms. The fraction of sp³-hybridized carbons (Fsp3) is 0.318. The number of benzene rings is 2. The van der Waals surface area contributed by atoms with Crippen LogP contribution in [-0.2, 0) is 6.42 Å². The molecule has 0 aliphatic rings. The molecule has 0 unspecified atom stereocenters. The molecule has 26 heavy (non-hydrogen) atoms. The number of hydrogen-bond donors (Lipinski definition) is 0. The van der Waals surface area contributed by atoms with Gasteiger partial charge in [0.05, 0.1) is 0 Å². The van der Waals surface area contributed by atoms with Crippen LogP contribution in [0.1, 0.15) is 60.3 Å². The van der Waals surface area contributed by atoms with Crippen molar-refractivity contribution in [3.8, 4) is 11.5 Å². The van der Waals surface area contributed by atoms with Gasteiger partial charge in [-0.2, -0.15) is 0 Å². The van der Waals surface area contributed by atoms with Gasteiger partial charge >= 0.3 is 0 Å². The maximum Gasteiger partial charge on any atom is 0.247 e. The Morgan fingerprint density at radius 2 is 1.77 bits per heavy atom. The van der Waals surface area contributed by atoms with E-state index in [-0.39, 0.29) is 0 Å². The smallest absolute Gasteiger partial charge is 0.247 e. The summed E-state index contributed by atoms with van der Waals surface area (Å²) >= 11 is 0. The average molecular weight is 348 g/mol. The van der Waals surface area contributed by atoms with E-state index in [0.717, 1.165) is 24.7 Å². The van der Waals surface area contributed by atoms with Gasteiger partial charge in [-0.1, -0.05) is 68.7 Å². The Morgan fingerprint density at radius 1 is 1.00 bits per heavy atom. The summed E-state index contributed by atoms with van der Waals surface area (Å²) in [5.41, 5.74) is 2.78. The molecule has 0 fully saturated rings. The van der Waals surface area contributed by atoms with Crippen LogP contribution in [0.2, 0.25) is 0 Å². The van der Waals surface area contributed by atoms with E-state index in [9.17, 15) is 4.79 Å². The first-order chi connectivity index (χ1) is 12.8. The van der Waals surface area contributed by atoms with Crippen molar-refractivity contribution in [1.82, 2.24) is 10.2 Å². The van der Waals surface area contributed by atoms with Crippen LogP contribution in [0.4, 0.5) is 0 Å². The Balaban J connectivity index is 1.74. The van der Waals surface area contributed by atoms with Crippen LogP contribution in [0.25, 0.3) is 11.5 Å². The number of aldehydes is 1. The Labute approximate surface area is 154 Å². The third kappa shape index (κ3) is 4.66. The Morgan fingerprint density at radius 3 is 2.46 bits per heavy atom. The first kappa shape index (κ1) is 18.1. The van der Waals surface area contributed by atoms with E-state index in [1.807, 2.05) is 18.2 Å². The summed E-state index contributed by atoms with van der Waals surface area (Å²) in [5.74, 6) is 1.54. The molecule has 0 radical (unpaired) electrons. The van der Waals surface area contributed by atoms with Crippen molar-refractivity contribution in [2.75, 3.05) is 0 Å². The molecule has 0 aliphatic carbocycles. The molecule has 1 heterocycles. The molecule has 4 heteroatoms. The van der Waals surface area contributed by atoms with Gasteiger partial charge in [-0.05, 0) is 30.0 Å². The third-order valence-corrected chi connectivity index (χ3v) is 4.61. The van der Waals surface area contributed by atoms with Gasteiger partial charge in [0.1, 0.15) is 6.29 Å². The molecular weight excluding hydrogens is 324 g/mol. The zero-order chi connectivity index (χ0) is 18.2. The second-order valence-corrected chi connectivity index (χ2v) is 6.55. The zero-order valence-electron chi connectivity index (χ0n) is 15.1. The number of aromatic nitrogens is 2. The van der Waals surface area contributed by atoms with E-state index in [1.165, 1.54) is 24.8 Å². The molecule has 0 aliphatic heterocycles. The van der Waals surface area contributed by atoms with Crippen molar-refractivity contribution in [3.05, 3.63) is 71.6 Å². The minimum Gasteiger partial charge on any atom is -0.421 e. The predicted octanol–water partition coefficient (Wildman–Crippen LogP) is 5.46. The highest BCUT2D eigenvalue weighted by atomic mass is 16.4. The fourth-order valence-corrected chi connectivity index (χ4v) is 3.12. The molecule has 3 rings (SSSR count). The molecule has 0 bridgehead atoms. The fourth-order valence-electron chi connectivity index (χ4n) is 3.12. The molecule has 0 saturated heterocycles. The van der Waals surface area contributed by atoms with Gasteiger partial charge in [0.25, 0.3) is 0 Å². The quantitative estimate of drug-likeness (QED) is 0.381. The van der Waals surface area contributed by atoms with Crippen molar-refractivity contribution in [2.45, 2.75) is 44.9 Å². The Hall–Kier alpha value is -2.75. The standard InChI is InChI=1S/C22H24N2O2/c1-2-3-5-10-20(18-8-6-4-7-9-18)15-21-23-24-22(26-21)19-13-11-17(16-25)12-14-19/h4,6-9,11-14,16,20H,2-3,5,10,15H2,1H3/t20-/m1/s1. The highest BCUT2D eigenvalue weighted by Gasteiger charge is 2.17. The number of nitrogens with zero attached hydrogens (tertiary/aromatic N) is 2. The normalized spacial score (nSPS) is 12.0. The summed E-state index contributed by atoms with van der Waals surface area (Å²) in [6.45, 7) is 2.22. The van der Waals surface area contributed by atoms with Crippen molar-refractivity contribution in [1.29, 1.82) is 0 Å². The SMILES string of the molecule is CCCCC[C@H](Cc1nnc(-c2ccc(C=O)cc2)o1)c1ccccc1. The van der Waals surface area contributed by atoms with E-state index in [2.05, 4.69) is 41.4 Å². The van der Waals surface area contributed by atoms with E-state index in [1.54, 1.807) is 12.1 Å². The van der Waals surface area contributed by atoms with Crippen molar-refractivity contribution >= 4 is 6.29 Å². The molecule has 0 amide bonds. The lowest BCUT2D eigenvalue weighted by atomic mass is 9.90. The van der Waals surface area contributed by atoms with Gasteiger partial charge in [-0.25, -0.2) is 0 Å². The van der Waals surface area contributed by atoms with Crippen LogP contribution >= 0.6 is 0 Å². The molecule has 134 valence electrons. The van der Waals surface area contributed by atoms with Crippen LogP contribution in [0.5, 0.6) is 0 Å². The van der Waals surface area contributed by atoms with E-state index >= 15 is 0 Å². The van der Waals surface area contributed by atoms with E-state index in [4.69, 9.17) is 4.42 Å². The van der Waals surface area contributed by atoms with Crippen LogP contribution in [0, 0.1) is 0 Å². The summed E-state index contributed by atoms with van der Waals surface area (Å²) < 4.78 is 5.89. The third-order valence-electron chi connectivity index (χ3n) is 4.61. The van der Waals surface area contributed by atoms with Crippen molar-refractivity contribution in [3.63, 3.8) is 0 Å². The number of rotatable bonds is 9. The highest BCUT2D eigenvalue weighted by Crippen LogP contribution is 2.27. The maximum atomic E-state index is 10.8. The van der Waals surface area contributed by atoms with Gasteiger partial charge in [0.15, 0.2) is 0 Å². The molecule has 4 nitrogen and oxygen atoms in total. The van der Waals surface area contributed by atoms with Crippen LogP contribution in [0.3, 0.4) is 0 Å². The highest BCUT2D eigenvalue weighted by molar-refractivity contribution is 5.75. The first-order valence-electron chi connectivity index (χ1n) is 9.23. The largest absolute Gasteiger partial charge is 0.421 e. The summed E-state index contributed by atoms with van der Waals surface area (Å²) in [4.78, 5) is 10.8. The molecule has 0 N–H and O–H groups in total. The van der Waals surface area contributed by atoms with Gasteiger partial charge in [-0.3, -0.25) is 4.79 Å². The predicted molar refractivity (Wildman–Crippen MR) is 102 cm³/mol. The summed E-state index contributed by atoms with van der Waals surface area (Å²) in [5, 5.41) is 8.42. The number of carbonyl (C=O) groups is 1. The summed E-state index contributed by atoms with van der Waals surface area (Å²) in [6, 6.07) is 17.7. The number of carbonyl (C=O) groups excluding carboxylic acids is 1. The number of hydrogen-bond acceptors (Lipinski definition) is 4. The van der Waals surface area contributed by atoms with Crippen LogP contribution < -0.4 is 0 Å². The topological polar surface area (TPSA) is 56.0 Å². The van der Waals surface area contributed by atoms with Crippen molar-refractivity contribution in [2.24, 2.45) is 0 Å². The van der Waals surface area contributed by atoms with Crippen LogP contribution in [-0.4, -0.2) is 16.5 Å². The summed E-state index contributed by atoms with van der Waals surface area (Å²) in [7, 11) is 0. The number of unbranched alkanes of at least 4 members (excludes halogenated alkanes) is 2. The average Bonchev–Trinajstić information content (AvgIpc) is 3.17. The molecule has 1 aromatic heterocycles. The van der Waals surface area contributed by atoms with Gasteiger partial charge < -0.3 is 4.42 Å². The first-order valence-corrected chi connectivity index (χ1v) is 9.23. The van der Waals surface area contributed by atoms with Gasteiger partial charge in [0.2, 0.25) is 11.8 Å². The monoisotopic (exact) mass is 348 g/mol. The van der Waals surface area contributed by atoms with E-state index < -0.39 is 0 Å². The summed E-state index contributed by atoms with van der Waals surface area (Å²) in [6.07, 6.45) is 6.33. The lowest BCUT2D eigenvalue weighted by Crippen LogP contribution is -2.03. The van der Waals surface area contributed by atoms with Crippen LogP contribution in [0.15, 0.2) is 59.0 Å². The molecule has 2 aromatic carbocycles. The lowest BCUT2D eigenvalue weighted by Gasteiger charge is -2.15. The van der Waals surface area contributed by atoms with Crippen molar-refractivity contribution < 1.29 is 9.21 Å². The molecule has 3 aromatic rings. The lowest BCUT2D eigenvalue weighted by molar-refractivity contribution is 0.112.